The Kier molecular flexibility index (Phi) is 7.46. The van der Waals surface area contributed by atoms with E-state index >= 15 is 0 Å². The number of nitrogens with zero attached hydrogens (tertiary/aromatic N) is 1. The van der Waals surface area contributed by atoms with E-state index in [2.05, 4.69) is 5.32 Å². The molecule has 152 valence electrons. The van der Waals surface area contributed by atoms with Gasteiger partial charge in [-0.05, 0) is 43.7 Å². The Bertz CT molecular complexity index is 943. The van der Waals surface area contributed by atoms with E-state index in [9.17, 15) is 13.2 Å². The standard InChI is InChI=1S/C20H25ClN2O4S/c1-5-23(6-2)28(25,26)19-13-16(12-11-14(19)3)22-20(24)15(4)27-18-10-8-7-9-17(18)21/h7-13,15H,5-6H2,1-4H3,(H,22,24). The highest BCUT2D eigenvalue weighted by atomic mass is 35.5. The largest absolute Gasteiger partial charge is 0.479 e. The quantitative estimate of drug-likeness (QED) is 0.692. The summed E-state index contributed by atoms with van der Waals surface area (Å²) < 4.78 is 32.7. The molecule has 0 saturated heterocycles. The number of halogens is 1. The lowest BCUT2D eigenvalue weighted by Gasteiger charge is -2.21. The first-order chi connectivity index (χ1) is 13.2. The van der Waals surface area contributed by atoms with Gasteiger partial charge in [0.2, 0.25) is 10.0 Å². The molecule has 0 heterocycles. The van der Waals surface area contributed by atoms with E-state index in [4.69, 9.17) is 16.3 Å². The van der Waals surface area contributed by atoms with Crippen molar-refractivity contribution < 1.29 is 17.9 Å². The van der Waals surface area contributed by atoms with Crippen LogP contribution in [-0.2, 0) is 14.8 Å². The highest BCUT2D eigenvalue weighted by molar-refractivity contribution is 7.89. The Labute approximate surface area is 171 Å². The van der Waals surface area contributed by atoms with Gasteiger partial charge >= 0.3 is 0 Å². The van der Waals surface area contributed by atoms with Gasteiger partial charge in [0, 0.05) is 18.8 Å². The number of para-hydroxylation sites is 1. The van der Waals surface area contributed by atoms with Gasteiger partial charge in [-0.2, -0.15) is 4.31 Å². The predicted molar refractivity (Wildman–Crippen MR) is 111 cm³/mol. The first-order valence-electron chi connectivity index (χ1n) is 9.03. The van der Waals surface area contributed by atoms with E-state index in [1.165, 1.54) is 10.4 Å². The minimum absolute atomic E-state index is 0.175. The number of anilines is 1. The van der Waals surface area contributed by atoms with Gasteiger partial charge in [-0.3, -0.25) is 4.79 Å². The minimum atomic E-state index is -3.63. The number of carbonyl (C=O) groups excluding carboxylic acids is 1. The van der Waals surface area contributed by atoms with Gasteiger partial charge < -0.3 is 10.1 Å². The zero-order valence-corrected chi connectivity index (χ0v) is 18.0. The second-order valence-electron chi connectivity index (χ2n) is 6.25. The molecule has 2 aromatic rings. The van der Waals surface area contributed by atoms with Crippen molar-refractivity contribution in [3.63, 3.8) is 0 Å². The summed E-state index contributed by atoms with van der Waals surface area (Å²) in [7, 11) is -3.63. The fourth-order valence-electron chi connectivity index (χ4n) is 2.69. The zero-order chi connectivity index (χ0) is 20.9. The van der Waals surface area contributed by atoms with Crippen molar-refractivity contribution >= 4 is 33.2 Å². The average Bonchev–Trinajstić information content (AvgIpc) is 2.65. The molecule has 0 spiro atoms. The molecule has 28 heavy (non-hydrogen) atoms. The number of hydrogen-bond donors (Lipinski definition) is 1. The third-order valence-electron chi connectivity index (χ3n) is 4.29. The summed E-state index contributed by atoms with van der Waals surface area (Å²) in [6.45, 7) is 7.64. The van der Waals surface area contributed by atoms with Crippen LogP contribution in [0.15, 0.2) is 47.4 Å². The highest BCUT2D eigenvalue weighted by Gasteiger charge is 2.24. The maximum atomic E-state index is 12.8. The fourth-order valence-corrected chi connectivity index (χ4v) is 4.58. The second-order valence-corrected chi connectivity index (χ2v) is 8.56. The van der Waals surface area contributed by atoms with Gasteiger partial charge in [-0.15, -0.1) is 0 Å². The maximum absolute atomic E-state index is 12.8. The van der Waals surface area contributed by atoms with Crippen LogP contribution >= 0.6 is 11.6 Å². The van der Waals surface area contributed by atoms with Gasteiger partial charge in [0.25, 0.3) is 5.91 Å². The molecule has 0 aliphatic carbocycles. The number of sulfonamides is 1. The second kappa shape index (κ2) is 9.41. The molecule has 2 aromatic carbocycles. The summed E-state index contributed by atoms with van der Waals surface area (Å²) in [6, 6.07) is 11.7. The highest BCUT2D eigenvalue weighted by Crippen LogP contribution is 2.26. The normalized spacial score (nSPS) is 12.6. The maximum Gasteiger partial charge on any atom is 0.265 e. The van der Waals surface area contributed by atoms with E-state index < -0.39 is 22.0 Å². The summed E-state index contributed by atoms with van der Waals surface area (Å²) in [4.78, 5) is 12.7. The Morgan fingerprint density at radius 2 is 1.82 bits per heavy atom. The van der Waals surface area contributed by atoms with Crippen molar-refractivity contribution in [1.82, 2.24) is 4.31 Å². The molecular weight excluding hydrogens is 400 g/mol. The van der Waals surface area contributed by atoms with E-state index in [1.54, 1.807) is 64.1 Å². The third kappa shape index (κ3) is 5.04. The van der Waals surface area contributed by atoms with Crippen LogP contribution in [0.2, 0.25) is 5.02 Å². The summed E-state index contributed by atoms with van der Waals surface area (Å²) >= 11 is 6.05. The van der Waals surface area contributed by atoms with Crippen LogP contribution < -0.4 is 10.1 Å². The summed E-state index contributed by atoms with van der Waals surface area (Å²) in [5, 5.41) is 3.11. The van der Waals surface area contributed by atoms with Crippen molar-refractivity contribution in [1.29, 1.82) is 0 Å². The molecular formula is C20H25ClN2O4S. The summed E-state index contributed by atoms with van der Waals surface area (Å²) in [6.07, 6.45) is -0.816. The number of aryl methyl sites for hydroxylation is 1. The molecule has 2 rings (SSSR count). The first kappa shape index (κ1) is 22.2. The van der Waals surface area contributed by atoms with Gasteiger partial charge in [-0.1, -0.05) is 43.6 Å². The van der Waals surface area contributed by atoms with E-state index in [0.717, 1.165) is 0 Å². The molecule has 6 nitrogen and oxygen atoms in total. The molecule has 1 N–H and O–H groups in total. The molecule has 0 saturated carbocycles. The molecule has 0 fully saturated rings. The van der Waals surface area contributed by atoms with Crippen molar-refractivity contribution in [2.75, 3.05) is 18.4 Å². The average molecular weight is 425 g/mol. The van der Waals surface area contributed by atoms with Crippen LogP contribution in [0, 0.1) is 6.92 Å². The van der Waals surface area contributed by atoms with Crippen molar-refractivity contribution in [3.05, 3.63) is 53.1 Å². The van der Waals surface area contributed by atoms with Crippen LogP contribution in [-0.4, -0.2) is 37.8 Å². The van der Waals surface area contributed by atoms with Crippen molar-refractivity contribution in [3.8, 4) is 5.75 Å². The van der Waals surface area contributed by atoms with E-state index in [-0.39, 0.29) is 4.90 Å². The number of hydrogen-bond acceptors (Lipinski definition) is 4. The molecule has 0 bridgehead atoms. The molecule has 0 aromatic heterocycles. The smallest absolute Gasteiger partial charge is 0.265 e. The summed E-state index contributed by atoms with van der Waals surface area (Å²) in [5.74, 6) is -0.00418. The van der Waals surface area contributed by atoms with E-state index in [0.29, 0.717) is 35.1 Å². The van der Waals surface area contributed by atoms with Crippen molar-refractivity contribution in [2.24, 2.45) is 0 Å². The minimum Gasteiger partial charge on any atom is -0.479 e. The number of nitrogens with one attached hydrogen (secondary N) is 1. The predicted octanol–water partition coefficient (Wildman–Crippen LogP) is 4.08. The Morgan fingerprint density at radius 1 is 1.18 bits per heavy atom. The fraction of sp³-hybridized carbons (Fsp3) is 0.350. The van der Waals surface area contributed by atoms with Gasteiger partial charge in [0.05, 0.1) is 9.92 Å². The Hall–Kier alpha value is -2.09. The van der Waals surface area contributed by atoms with E-state index in [1.807, 2.05) is 0 Å². The van der Waals surface area contributed by atoms with Crippen LogP contribution in [0.3, 0.4) is 0 Å². The zero-order valence-electron chi connectivity index (χ0n) is 16.4. The number of ether oxygens (including phenoxy) is 1. The molecule has 0 radical (unpaired) electrons. The van der Waals surface area contributed by atoms with Crippen molar-refractivity contribution in [2.45, 2.75) is 38.7 Å². The number of amides is 1. The third-order valence-corrected chi connectivity index (χ3v) is 6.79. The molecule has 0 aliphatic heterocycles. The number of benzene rings is 2. The number of carbonyl (C=O) groups is 1. The Morgan fingerprint density at radius 3 is 2.43 bits per heavy atom. The van der Waals surface area contributed by atoms with Crippen LogP contribution in [0.5, 0.6) is 5.75 Å². The van der Waals surface area contributed by atoms with Gasteiger partial charge in [0.15, 0.2) is 6.10 Å². The van der Waals surface area contributed by atoms with Crippen LogP contribution in [0.25, 0.3) is 0 Å². The monoisotopic (exact) mass is 424 g/mol. The Balaban J connectivity index is 2.20. The lowest BCUT2D eigenvalue weighted by atomic mass is 10.2. The van der Waals surface area contributed by atoms with Gasteiger partial charge in [0.1, 0.15) is 5.75 Å². The van der Waals surface area contributed by atoms with Gasteiger partial charge in [-0.25, -0.2) is 8.42 Å². The molecule has 1 atom stereocenters. The topological polar surface area (TPSA) is 75.7 Å². The molecule has 1 unspecified atom stereocenters. The molecule has 0 aliphatic rings. The van der Waals surface area contributed by atoms with Crippen LogP contribution in [0.4, 0.5) is 5.69 Å². The first-order valence-corrected chi connectivity index (χ1v) is 10.8. The lowest BCUT2D eigenvalue weighted by Crippen LogP contribution is -2.32. The lowest BCUT2D eigenvalue weighted by molar-refractivity contribution is -0.122. The molecule has 1 amide bonds. The molecule has 8 heteroatoms. The summed E-state index contributed by atoms with van der Waals surface area (Å²) in [5.41, 5.74) is 1.00. The SMILES string of the molecule is CCN(CC)S(=O)(=O)c1cc(NC(=O)C(C)Oc2ccccc2Cl)ccc1C. The number of rotatable bonds is 8. The van der Waals surface area contributed by atoms with Crippen LogP contribution in [0.1, 0.15) is 26.3 Å².